The van der Waals surface area contributed by atoms with Gasteiger partial charge in [0, 0.05) is 18.8 Å². The Hall–Kier alpha value is -1.34. The molecule has 1 aromatic rings. The highest BCUT2D eigenvalue weighted by Crippen LogP contribution is 2.16. The molecule has 6 nitrogen and oxygen atoms in total. The van der Waals surface area contributed by atoms with Gasteiger partial charge < -0.3 is 9.67 Å². The summed E-state index contributed by atoms with van der Waals surface area (Å²) in [6, 6.07) is 0.982. The summed E-state index contributed by atoms with van der Waals surface area (Å²) in [4.78, 5) is 11.1. The summed E-state index contributed by atoms with van der Waals surface area (Å²) in [5, 5.41) is 9.11. The molecule has 0 aliphatic carbocycles. The average Bonchev–Trinajstić information content (AvgIpc) is 2.73. The van der Waals surface area contributed by atoms with Gasteiger partial charge in [-0.25, -0.2) is 17.9 Å². The summed E-state index contributed by atoms with van der Waals surface area (Å²) in [7, 11) is -3.69. The second kappa shape index (κ2) is 6.41. The Morgan fingerprint density at radius 1 is 1.40 bits per heavy atom. The summed E-state index contributed by atoms with van der Waals surface area (Å²) in [6.45, 7) is 7.98. The molecule has 1 heterocycles. The van der Waals surface area contributed by atoms with Gasteiger partial charge in [-0.15, -0.1) is 0 Å². The van der Waals surface area contributed by atoms with Crippen LogP contribution in [-0.2, 0) is 16.6 Å². The van der Waals surface area contributed by atoms with Crippen molar-refractivity contribution in [2.24, 2.45) is 5.92 Å². The number of sulfonamides is 1. The van der Waals surface area contributed by atoms with E-state index >= 15 is 0 Å². The minimum atomic E-state index is -3.69. The van der Waals surface area contributed by atoms with Crippen molar-refractivity contribution < 1.29 is 18.3 Å². The first kappa shape index (κ1) is 16.7. The first-order chi connectivity index (χ1) is 9.19. The molecule has 0 saturated heterocycles. The van der Waals surface area contributed by atoms with E-state index in [2.05, 4.69) is 4.72 Å². The second-order valence-electron chi connectivity index (χ2n) is 5.21. The molecule has 0 aromatic carbocycles. The molecule has 1 aromatic heterocycles. The summed E-state index contributed by atoms with van der Waals surface area (Å²) >= 11 is 0. The number of rotatable bonds is 7. The van der Waals surface area contributed by atoms with Gasteiger partial charge in [0.15, 0.2) is 0 Å². The van der Waals surface area contributed by atoms with E-state index in [0.717, 1.165) is 6.42 Å². The predicted octanol–water partition coefficient (Wildman–Crippen LogP) is 1.92. The highest BCUT2D eigenvalue weighted by molar-refractivity contribution is 7.89. The zero-order chi connectivity index (χ0) is 15.5. The van der Waals surface area contributed by atoms with Gasteiger partial charge in [-0.3, -0.25) is 0 Å². The number of hydrogen-bond acceptors (Lipinski definition) is 3. The maximum atomic E-state index is 12.2. The number of aryl methyl sites for hydroxylation is 1. The number of nitrogens with zero attached hydrogens (tertiary/aromatic N) is 1. The van der Waals surface area contributed by atoms with Crippen LogP contribution in [0.4, 0.5) is 0 Å². The Kier molecular flexibility index (Phi) is 5.35. The quantitative estimate of drug-likeness (QED) is 0.805. The molecule has 114 valence electrons. The van der Waals surface area contributed by atoms with Gasteiger partial charge in [-0.1, -0.05) is 20.8 Å². The maximum Gasteiger partial charge on any atom is 0.352 e. The number of carboxylic acid groups (broad SMARTS) is 1. The number of aromatic nitrogens is 1. The van der Waals surface area contributed by atoms with E-state index in [9.17, 15) is 13.2 Å². The molecule has 0 spiro atoms. The minimum Gasteiger partial charge on any atom is -0.477 e. The molecule has 0 aliphatic heterocycles. The Morgan fingerprint density at radius 2 is 2.00 bits per heavy atom. The van der Waals surface area contributed by atoms with E-state index in [1.807, 2.05) is 20.8 Å². The standard InChI is InChI=1S/C13H22N2O4S/c1-5-6-15-8-11(7-12(15)13(16)17)20(18,19)14-10(4)9(2)3/h7-10,14H,5-6H2,1-4H3,(H,16,17). The molecule has 0 amide bonds. The predicted molar refractivity (Wildman–Crippen MR) is 76.3 cm³/mol. The number of carboxylic acids is 1. The topological polar surface area (TPSA) is 88.4 Å². The van der Waals surface area contributed by atoms with Crippen LogP contribution >= 0.6 is 0 Å². The van der Waals surface area contributed by atoms with Crippen LogP contribution in [0.5, 0.6) is 0 Å². The van der Waals surface area contributed by atoms with Crippen molar-refractivity contribution in [2.75, 3.05) is 0 Å². The summed E-state index contributed by atoms with van der Waals surface area (Å²) in [5.74, 6) is -0.974. The zero-order valence-electron chi connectivity index (χ0n) is 12.3. The summed E-state index contributed by atoms with van der Waals surface area (Å²) in [5.41, 5.74) is -0.00979. The van der Waals surface area contributed by atoms with E-state index in [1.54, 1.807) is 6.92 Å². The third-order valence-electron chi connectivity index (χ3n) is 3.21. The third-order valence-corrected chi connectivity index (χ3v) is 4.73. The molecule has 0 saturated carbocycles. The summed E-state index contributed by atoms with van der Waals surface area (Å²) < 4.78 is 28.5. The fourth-order valence-corrected chi connectivity index (χ4v) is 3.11. The lowest BCUT2D eigenvalue weighted by Crippen LogP contribution is -2.35. The normalized spacial score (nSPS) is 13.7. The first-order valence-corrected chi connectivity index (χ1v) is 8.13. The van der Waals surface area contributed by atoms with Crippen molar-refractivity contribution in [2.45, 2.75) is 51.6 Å². The van der Waals surface area contributed by atoms with Crippen LogP contribution in [0.3, 0.4) is 0 Å². The third kappa shape index (κ3) is 3.83. The van der Waals surface area contributed by atoms with Crippen LogP contribution in [0.2, 0.25) is 0 Å². The largest absolute Gasteiger partial charge is 0.477 e. The van der Waals surface area contributed by atoms with Crippen LogP contribution in [0, 0.1) is 5.92 Å². The van der Waals surface area contributed by atoms with Gasteiger partial charge in [0.25, 0.3) is 0 Å². The van der Waals surface area contributed by atoms with E-state index in [1.165, 1.54) is 16.8 Å². The van der Waals surface area contributed by atoms with Crippen LogP contribution in [0.1, 0.15) is 44.6 Å². The van der Waals surface area contributed by atoms with Gasteiger partial charge >= 0.3 is 5.97 Å². The van der Waals surface area contributed by atoms with Crippen LogP contribution in [0.15, 0.2) is 17.2 Å². The molecule has 7 heteroatoms. The molecule has 20 heavy (non-hydrogen) atoms. The fraction of sp³-hybridized carbons (Fsp3) is 0.615. The van der Waals surface area contributed by atoms with Gasteiger partial charge in [-0.05, 0) is 25.3 Å². The average molecular weight is 302 g/mol. The Balaban J connectivity index is 3.13. The van der Waals surface area contributed by atoms with Crippen molar-refractivity contribution in [3.05, 3.63) is 18.0 Å². The SMILES string of the molecule is CCCn1cc(S(=O)(=O)NC(C)C(C)C)cc1C(=O)O. The van der Waals surface area contributed by atoms with Crippen molar-refractivity contribution in [1.82, 2.24) is 9.29 Å². The van der Waals surface area contributed by atoms with Crippen molar-refractivity contribution >= 4 is 16.0 Å². The Labute approximate surface area is 119 Å². The highest BCUT2D eigenvalue weighted by atomic mass is 32.2. The maximum absolute atomic E-state index is 12.2. The molecule has 1 unspecified atom stereocenters. The highest BCUT2D eigenvalue weighted by Gasteiger charge is 2.23. The number of carbonyl (C=O) groups is 1. The molecule has 1 atom stereocenters. The molecular weight excluding hydrogens is 280 g/mol. The van der Waals surface area contributed by atoms with Gasteiger partial charge in [0.05, 0.1) is 0 Å². The first-order valence-electron chi connectivity index (χ1n) is 6.64. The zero-order valence-corrected chi connectivity index (χ0v) is 13.1. The summed E-state index contributed by atoms with van der Waals surface area (Å²) in [6.07, 6.45) is 2.10. The van der Waals surface area contributed by atoms with Crippen molar-refractivity contribution in [3.8, 4) is 0 Å². The van der Waals surface area contributed by atoms with E-state index in [4.69, 9.17) is 5.11 Å². The molecule has 1 rings (SSSR count). The molecule has 0 fully saturated rings. The lowest BCUT2D eigenvalue weighted by Gasteiger charge is -2.16. The second-order valence-corrected chi connectivity index (χ2v) is 6.93. The van der Waals surface area contributed by atoms with E-state index < -0.39 is 16.0 Å². The number of nitrogens with one attached hydrogen (secondary N) is 1. The van der Waals surface area contributed by atoms with Crippen molar-refractivity contribution in [3.63, 3.8) is 0 Å². The van der Waals surface area contributed by atoms with Crippen LogP contribution < -0.4 is 4.72 Å². The Bertz CT molecular complexity index is 575. The van der Waals surface area contributed by atoms with Crippen LogP contribution in [0.25, 0.3) is 0 Å². The van der Waals surface area contributed by atoms with Gasteiger partial charge in [-0.2, -0.15) is 0 Å². The number of aromatic carboxylic acids is 1. The molecule has 2 N–H and O–H groups in total. The lowest BCUT2D eigenvalue weighted by molar-refractivity contribution is 0.0685. The van der Waals surface area contributed by atoms with Gasteiger partial charge in [0.1, 0.15) is 10.6 Å². The Morgan fingerprint density at radius 3 is 2.45 bits per heavy atom. The van der Waals surface area contributed by atoms with Crippen molar-refractivity contribution in [1.29, 1.82) is 0 Å². The molecule has 0 radical (unpaired) electrons. The molecule has 0 bridgehead atoms. The fourth-order valence-electron chi connectivity index (χ4n) is 1.68. The smallest absolute Gasteiger partial charge is 0.352 e. The molecular formula is C13H22N2O4S. The number of hydrogen-bond donors (Lipinski definition) is 2. The van der Waals surface area contributed by atoms with Crippen LogP contribution in [-0.4, -0.2) is 30.1 Å². The minimum absolute atomic E-state index is 0.00384. The van der Waals surface area contributed by atoms with Gasteiger partial charge in [0.2, 0.25) is 10.0 Å². The monoisotopic (exact) mass is 302 g/mol. The van der Waals surface area contributed by atoms with E-state index in [0.29, 0.717) is 6.54 Å². The molecule has 0 aliphatic rings. The van der Waals surface area contributed by atoms with E-state index in [-0.39, 0.29) is 22.5 Å². The lowest BCUT2D eigenvalue weighted by atomic mass is 10.1.